The Hall–Kier alpha value is -1.88. The van der Waals surface area contributed by atoms with Crippen LogP contribution >= 0.6 is 0 Å². The van der Waals surface area contributed by atoms with Crippen molar-refractivity contribution < 1.29 is 9.26 Å². The lowest BCUT2D eigenvalue weighted by Gasteiger charge is -2.16. The summed E-state index contributed by atoms with van der Waals surface area (Å²) in [6.07, 6.45) is 0.980. The number of ether oxygens (including phenoxy) is 1. The van der Waals surface area contributed by atoms with Crippen molar-refractivity contribution in [2.75, 3.05) is 25.2 Å². The van der Waals surface area contributed by atoms with Crippen LogP contribution in [0.3, 0.4) is 0 Å². The highest BCUT2D eigenvalue weighted by Crippen LogP contribution is 2.23. The standard InChI is InChI=1S/C14H17N3O2/c1-17(12-5-3-2-4-6-12)9-13-15-14(16-19-13)11-7-8-18-10-11/h2-6,11H,7-10H2,1H3. The maximum Gasteiger partial charge on any atom is 0.246 e. The molecule has 1 aliphatic heterocycles. The molecule has 1 aliphatic rings. The number of anilines is 1. The fourth-order valence-electron chi connectivity index (χ4n) is 2.21. The summed E-state index contributed by atoms with van der Waals surface area (Å²) in [5.74, 6) is 1.71. The van der Waals surface area contributed by atoms with Gasteiger partial charge in [-0.15, -0.1) is 0 Å². The van der Waals surface area contributed by atoms with Gasteiger partial charge in [0.2, 0.25) is 5.89 Å². The molecule has 0 bridgehead atoms. The van der Waals surface area contributed by atoms with Crippen molar-refractivity contribution >= 4 is 5.69 Å². The zero-order valence-corrected chi connectivity index (χ0v) is 11.0. The minimum Gasteiger partial charge on any atom is -0.381 e. The molecule has 1 aromatic heterocycles. The number of para-hydroxylation sites is 1. The van der Waals surface area contributed by atoms with Crippen molar-refractivity contribution in [1.29, 1.82) is 0 Å². The number of aromatic nitrogens is 2. The van der Waals surface area contributed by atoms with E-state index in [1.54, 1.807) is 0 Å². The Morgan fingerprint density at radius 1 is 1.32 bits per heavy atom. The molecule has 19 heavy (non-hydrogen) atoms. The first-order chi connectivity index (χ1) is 9.33. The van der Waals surface area contributed by atoms with E-state index in [4.69, 9.17) is 9.26 Å². The lowest BCUT2D eigenvalue weighted by Crippen LogP contribution is -2.16. The van der Waals surface area contributed by atoms with Gasteiger partial charge in [-0.1, -0.05) is 23.4 Å². The molecule has 1 saturated heterocycles. The van der Waals surface area contributed by atoms with Gasteiger partial charge in [-0.2, -0.15) is 4.98 Å². The summed E-state index contributed by atoms with van der Waals surface area (Å²) in [6.45, 7) is 2.11. The molecule has 1 fully saturated rings. The highest BCUT2D eigenvalue weighted by atomic mass is 16.5. The zero-order chi connectivity index (χ0) is 13.1. The lowest BCUT2D eigenvalue weighted by atomic mass is 10.1. The summed E-state index contributed by atoms with van der Waals surface area (Å²) in [6, 6.07) is 10.1. The number of hydrogen-bond donors (Lipinski definition) is 0. The van der Waals surface area contributed by atoms with Crippen LogP contribution in [0.25, 0.3) is 0 Å². The largest absolute Gasteiger partial charge is 0.381 e. The van der Waals surface area contributed by atoms with Crippen molar-refractivity contribution in [3.8, 4) is 0 Å². The second-order valence-electron chi connectivity index (χ2n) is 4.80. The van der Waals surface area contributed by atoms with E-state index in [0.717, 1.165) is 24.5 Å². The van der Waals surface area contributed by atoms with Crippen molar-refractivity contribution in [2.45, 2.75) is 18.9 Å². The SMILES string of the molecule is CN(Cc1nc(C2CCOC2)no1)c1ccccc1. The van der Waals surface area contributed by atoms with Crippen molar-refractivity contribution in [2.24, 2.45) is 0 Å². The second-order valence-corrected chi connectivity index (χ2v) is 4.80. The van der Waals surface area contributed by atoms with Gasteiger partial charge in [0.15, 0.2) is 5.82 Å². The molecule has 0 radical (unpaired) electrons. The highest BCUT2D eigenvalue weighted by molar-refractivity contribution is 5.44. The predicted molar refractivity (Wildman–Crippen MR) is 71.0 cm³/mol. The average molecular weight is 259 g/mol. The van der Waals surface area contributed by atoms with Gasteiger partial charge in [0.25, 0.3) is 0 Å². The van der Waals surface area contributed by atoms with Crippen LogP contribution in [0.15, 0.2) is 34.9 Å². The quantitative estimate of drug-likeness (QED) is 0.842. The number of hydrogen-bond acceptors (Lipinski definition) is 5. The molecule has 0 amide bonds. The van der Waals surface area contributed by atoms with Gasteiger partial charge < -0.3 is 14.2 Å². The molecule has 2 heterocycles. The van der Waals surface area contributed by atoms with E-state index < -0.39 is 0 Å². The van der Waals surface area contributed by atoms with E-state index in [0.29, 0.717) is 25.0 Å². The normalized spacial score (nSPS) is 18.7. The van der Waals surface area contributed by atoms with Crippen LogP contribution in [0.2, 0.25) is 0 Å². The van der Waals surface area contributed by atoms with Crippen LogP contribution in [0.1, 0.15) is 24.1 Å². The minimum atomic E-state index is 0.291. The summed E-state index contributed by atoms with van der Waals surface area (Å²) < 4.78 is 10.6. The van der Waals surface area contributed by atoms with E-state index in [-0.39, 0.29) is 0 Å². The summed E-state index contributed by atoms with van der Waals surface area (Å²) >= 11 is 0. The number of benzene rings is 1. The molecule has 5 nitrogen and oxygen atoms in total. The molecular formula is C14H17N3O2. The second kappa shape index (κ2) is 5.40. The first-order valence-corrected chi connectivity index (χ1v) is 6.49. The molecule has 5 heteroatoms. The first-order valence-electron chi connectivity index (χ1n) is 6.49. The summed E-state index contributed by atoms with van der Waals surface area (Å²) in [7, 11) is 2.01. The van der Waals surface area contributed by atoms with Crippen LogP contribution in [-0.2, 0) is 11.3 Å². The van der Waals surface area contributed by atoms with Crippen LogP contribution in [0, 0.1) is 0 Å². The average Bonchev–Trinajstić information content (AvgIpc) is 3.10. The van der Waals surface area contributed by atoms with Gasteiger partial charge in [0.1, 0.15) is 0 Å². The Morgan fingerprint density at radius 2 is 2.16 bits per heavy atom. The molecule has 100 valence electrons. The van der Waals surface area contributed by atoms with Gasteiger partial charge in [0, 0.05) is 25.3 Å². The third-order valence-electron chi connectivity index (χ3n) is 3.35. The summed E-state index contributed by atoms with van der Waals surface area (Å²) in [5.41, 5.74) is 1.13. The molecule has 0 saturated carbocycles. The van der Waals surface area contributed by atoms with E-state index in [2.05, 4.69) is 27.2 Å². The van der Waals surface area contributed by atoms with Crippen LogP contribution in [0.4, 0.5) is 5.69 Å². The highest BCUT2D eigenvalue weighted by Gasteiger charge is 2.23. The Balaban J connectivity index is 1.66. The van der Waals surface area contributed by atoms with Gasteiger partial charge >= 0.3 is 0 Å². The van der Waals surface area contributed by atoms with Crippen LogP contribution < -0.4 is 4.90 Å². The topological polar surface area (TPSA) is 51.4 Å². The van der Waals surface area contributed by atoms with Crippen LogP contribution in [0.5, 0.6) is 0 Å². The van der Waals surface area contributed by atoms with E-state index in [1.165, 1.54) is 0 Å². The number of rotatable bonds is 4. The fraction of sp³-hybridized carbons (Fsp3) is 0.429. The van der Waals surface area contributed by atoms with E-state index in [9.17, 15) is 0 Å². The van der Waals surface area contributed by atoms with E-state index in [1.807, 2.05) is 25.2 Å². The Bertz CT molecular complexity index is 520. The molecule has 3 rings (SSSR count). The van der Waals surface area contributed by atoms with Gasteiger partial charge in [0.05, 0.1) is 13.2 Å². The molecule has 1 unspecified atom stereocenters. The third kappa shape index (κ3) is 2.76. The van der Waals surface area contributed by atoms with Gasteiger partial charge in [-0.3, -0.25) is 0 Å². The maximum absolute atomic E-state index is 5.34. The smallest absolute Gasteiger partial charge is 0.246 e. The molecule has 0 N–H and O–H groups in total. The predicted octanol–water partition coefficient (Wildman–Crippen LogP) is 2.21. The summed E-state index contributed by atoms with van der Waals surface area (Å²) in [4.78, 5) is 6.54. The molecule has 2 aromatic rings. The molecule has 1 aromatic carbocycles. The van der Waals surface area contributed by atoms with Gasteiger partial charge in [-0.05, 0) is 18.6 Å². The molecule has 0 spiro atoms. The monoisotopic (exact) mass is 259 g/mol. The third-order valence-corrected chi connectivity index (χ3v) is 3.35. The Labute approximate surface area is 112 Å². The summed E-state index contributed by atoms with van der Waals surface area (Å²) in [5, 5.41) is 4.05. The Morgan fingerprint density at radius 3 is 2.89 bits per heavy atom. The zero-order valence-electron chi connectivity index (χ0n) is 11.0. The molecule has 0 aliphatic carbocycles. The lowest BCUT2D eigenvalue weighted by molar-refractivity contribution is 0.192. The van der Waals surface area contributed by atoms with Crippen molar-refractivity contribution in [3.63, 3.8) is 0 Å². The van der Waals surface area contributed by atoms with Gasteiger partial charge in [-0.25, -0.2) is 0 Å². The Kier molecular flexibility index (Phi) is 3.46. The first kappa shape index (κ1) is 12.2. The number of nitrogens with zero attached hydrogens (tertiary/aromatic N) is 3. The van der Waals surface area contributed by atoms with Crippen molar-refractivity contribution in [3.05, 3.63) is 42.0 Å². The fourth-order valence-corrected chi connectivity index (χ4v) is 2.21. The van der Waals surface area contributed by atoms with Crippen molar-refractivity contribution in [1.82, 2.24) is 10.1 Å². The molecular weight excluding hydrogens is 242 g/mol. The van der Waals surface area contributed by atoms with Crippen LogP contribution in [-0.4, -0.2) is 30.4 Å². The molecule has 1 atom stereocenters. The van der Waals surface area contributed by atoms with E-state index >= 15 is 0 Å². The maximum atomic E-state index is 5.34. The minimum absolute atomic E-state index is 0.291.